The van der Waals surface area contributed by atoms with Crippen molar-refractivity contribution in [1.29, 1.82) is 0 Å². The van der Waals surface area contributed by atoms with Gasteiger partial charge in [0.2, 0.25) is 5.91 Å². The summed E-state index contributed by atoms with van der Waals surface area (Å²) in [5, 5.41) is 9.99. The van der Waals surface area contributed by atoms with Crippen molar-refractivity contribution in [2.45, 2.75) is 0 Å². The Morgan fingerprint density at radius 3 is 3.08 bits per heavy atom. The van der Waals surface area contributed by atoms with Gasteiger partial charge in [0.05, 0.1) is 11.9 Å². The van der Waals surface area contributed by atoms with Gasteiger partial charge in [-0.1, -0.05) is 5.21 Å². The van der Waals surface area contributed by atoms with Crippen LogP contribution in [-0.2, 0) is 11.8 Å². The van der Waals surface area contributed by atoms with Crippen LogP contribution in [0.5, 0.6) is 0 Å². The predicted molar refractivity (Wildman–Crippen MR) is 48.0 cm³/mol. The number of nitrogens with one attached hydrogen (secondary N) is 1. The number of carbonyl (C=O) groups excluding carboxylic acids is 1. The first-order chi connectivity index (χ1) is 5.72. The Bertz CT molecular complexity index is 272. The van der Waals surface area contributed by atoms with E-state index in [9.17, 15) is 4.79 Å². The molecule has 1 amide bonds. The molecule has 0 aromatic carbocycles. The van der Waals surface area contributed by atoms with Crippen LogP contribution in [0.2, 0.25) is 0 Å². The highest BCUT2D eigenvalue weighted by Crippen LogP contribution is 1.99. The molecule has 6 heteroatoms. The standard InChI is InChI=1S/C6H10N4OS/c1-10-3-5(8-9-10)7-6(11)4-12-2/h3H,4H2,1-2H3,(H,7,11). The minimum Gasteiger partial charge on any atom is -0.307 e. The molecule has 0 radical (unpaired) electrons. The summed E-state index contributed by atoms with van der Waals surface area (Å²) in [7, 11) is 1.75. The molecule has 66 valence electrons. The molecule has 5 nitrogen and oxygen atoms in total. The van der Waals surface area contributed by atoms with E-state index in [0.717, 1.165) is 0 Å². The summed E-state index contributed by atoms with van der Waals surface area (Å²) < 4.78 is 1.54. The maximum absolute atomic E-state index is 11.0. The largest absolute Gasteiger partial charge is 0.307 e. The van der Waals surface area contributed by atoms with Gasteiger partial charge in [0.1, 0.15) is 0 Å². The van der Waals surface area contributed by atoms with E-state index in [1.807, 2.05) is 6.26 Å². The van der Waals surface area contributed by atoms with Gasteiger partial charge in [0.15, 0.2) is 5.82 Å². The lowest BCUT2D eigenvalue weighted by Gasteiger charge is -1.96. The number of hydrogen-bond acceptors (Lipinski definition) is 4. The van der Waals surface area contributed by atoms with Crippen LogP contribution in [0.1, 0.15) is 0 Å². The normalized spacial score (nSPS) is 9.83. The van der Waals surface area contributed by atoms with Gasteiger partial charge in [-0.2, -0.15) is 11.8 Å². The number of thioether (sulfide) groups is 1. The van der Waals surface area contributed by atoms with Crippen LogP contribution < -0.4 is 5.32 Å². The lowest BCUT2D eigenvalue weighted by Crippen LogP contribution is -2.13. The number of aromatic nitrogens is 3. The lowest BCUT2D eigenvalue weighted by atomic mass is 10.6. The molecular formula is C6H10N4OS. The topological polar surface area (TPSA) is 59.8 Å². The highest BCUT2D eigenvalue weighted by atomic mass is 32.2. The van der Waals surface area contributed by atoms with Crippen molar-refractivity contribution in [2.75, 3.05) is 17.3 Å². The molecule has 1 N–H and O–H groups in total. The van der Waals surface area contributed by atoms with E-state index in [0.29, 0.717) is 11.6 Å². The first kappa shape index (κ1) is 9.05. The third-order valence-electron chi connectivity index (χ3n) is 1.15. The first-order valence-corrected chi connectivity index (χ1v) is 4.77. The van der Waals surface area contributed by atoms with Crippen LogP contribution in [-0.4, -0.2) is 32.9 Å². The Hall–Kier alpha value is -1.04. The molecule has 1 aromatic heterocycles. The fourth-order valence-corrected chi connectivity index (χ4v) is 1.05. The van der Waals surface area contributed by atoms with Crippen LogP contribution in [0.3, 0.4) is 0 Å². The zero-order chi connectivity index (χ0) is 8.97. The van der Waals surface area contributed by atoms with Gasteiger partial charge in [-0.25, -0.2) is 0 Å². The Labute approximate surface area is 74.5 Å². The third kappa shape index (κ3) is 2.54. The molecule has 0 saturated carbocycles. The molecule has 0 unspecified atom stereocenters. The number of nitrogens with zero attached hydrogens (tertiary/aromatic N) is 3. The summed E-state index contributed by atoms with van der Waals surface area (Å²) in [5.41, 5.74) is 0. The molecule has 1 aromatic rings. The van der Waals surface area contributed by atoms with Crippen LogP contribution in [0, 0.1) is 0 Å². The highest BCUT2D eigenvalue weighted by molar-refractivity contribution is 7.99. The van der Waals surface area contributed by atoms with Gasteiger partial charge in [-0.05, 0) is 6.26 Å². The second-order valence-corrected chi connectivity index (χ2v) is 3.12. The van der Waals surface area contributed by atoms with Gasteiger partial charge >= 0.3 is 0 Å². The Balaban J connectivity index is 2.46. The van der Waals surface area contributed by atoms with E-state index in [1.54, 1.807) is 13.2 Å². The first-order valence-electron chi connectivity index (χ1n) is 3.37. The van der Waals surface area contributed by atoms with E-state index in [-0.39, 0.29) is 5.91 Å². The van der Waals surface area contributed by atoms with E-state index < -0.39 is 0 Å². The zero-order valence-electron chi connectivity index (χ0n) is 6.94. The Morgan fingerprint density at radius 2 is 2.58 bits per heavy atom. The average Bonchev–Trinajstić information content (AvgIpc) is 2.36. The van der Waals surface area contributed by atoms with Crippen molar-refractivity contribution in [3.05, 3.63) is 6.20 Å². The minimum absolute atomic E-state index is 0.0528. The fourth-order valence-electron chi connectivity index (χ4n) is 0.715. The summed E-state index contributed by atoms with van der Waals surface area (Å²) in [6.07, 6.45) is 3.52. The van der Waals surface area contributed by atoms with Crippen molar-refractivity contribution in [1.82, 2.24) is 15.0 Å². The second kappa shape index (κ2) is 4.10. The molecule has 0 spiro atoms. The van der Waals surface area contributed by atoms with Gasteiger partial charge in [0, 0.05) is 7.05 Å². The number of amides is 1. The molecule has 1 rings (SSSR count). The summed E-state index contributed by atoms with van der Waals surface area (Å²) >= 11 is 1.47. The molecular weight excluding hydrogens is 176 g/mol. The molecule has 0 fully saturated rings. The number of carbonyl (C=O) groups is 1. The lowest BCUT2D eigenvalue weighted by molar-refractivity contribution is -0.113. The smallest absolute Gasteiger partial charge is 0.235 e. The van der Waals surface area contributed by atoms with E-state index in [2.05, 4.69) is 15.6 Å². The maximum Gasteiger partial charge on any atom is 0.235 e. The van der Waals surface area contributed by atoms with Gasteiger partial charge in [-0.15, -0.1) is 5.10 Å². The van der Waals surface area contributed by atoms with Crippen LogP contribution in [0.25, 0.3) is 0 Å². The van der Waals surface area contributed by atoms with Gasteiger partial charge < -0.3 is 5.32 Å². The van der Waals surface area contributed by atoms with Crippen LogP contribution in [0.4, 0.5) is 5.82 Å². The van der Waals surface area contributed by atoms with Gasteiger partial charge in [-0.3, -0.25) is 9.48 Å². The molecule has 1 heterocycles. The second-order valence-electron chi connectivity index (χ2n) is 2.26. The van der Waals surface area contributed by atoms with Crippen molar-refractivity contribution in [2.24, 2.45) is 7.05 Å². The fraction of sp³-hybridized carbons (Fsp3) is 0.500. The third-order valence-corrected chi connectivity index (χ3v) is 1.70. The Kier molecular flexibility index (Phi) is 3.09. The minimum atomic E-state index is -0.0528. The molecule has 0 aliphatic carbocycles. The van der Waals surface area contributed by atoms with E-state index in [4.69, 9.17) is 0 Å². The SMILES string of the molecule is CSCC(=O)Nc1cn(C)nn1. The number of hydrogen-bond donors (Lipinski definition) is 1. The number of aryl methyl sites for hydroxylation is 1. The summed E-state index contributed by atoms with van der Waals surface area (Å²) in [6, 6.07) is 0. The summed E-state index contributed by atoms with van der Waals surface area (Å²) in [4.78, 5) is 11.0. The summed E-state index contributed by atoms with van der Waals surface area (Å²) in [5.74, 6) is 0.885. The van der Waals surface area contributed by atoms with E-state index in [1.165, 1.54) is 16.4 Å². The predicted octanol–water partition coefficient (Wildman–Crippen LogP) is 0.117. The van der Waals surface area contributed by atoms with Crippen LogP contribution in [0.15, 0.2) is 6.20 Å². The van der Waals surface area contributed by atoms with Crippen LogP contribution >= 0.6 is 11.8 Å². The van der Waals surface area contributed by atoms with Gasteiger partial charge in [0.25, 0.3) is 0 Å². The average molecular weight is 186 g/mol. The quantitative estimate of drug-likeness (QED) is 0.728. The molecule has 0 bridgehead atoms. The highest BCUT2D eigenvalue weighted by Gasteiger charge is 2.02. The van der Waals surface area contributed by atoms with Crippen molar-refractivity contribution < 1.29 is 4.79 Å². The number of anilines is 1. The van der Waals surface area contributed by atoms with Crippen molar-refractivity contribution in [3.8, 4) is 0 Å². The monoisotopic (exact) mass is 186 g/mol. The Morgan fingerprint density at radius 1 is 1.83 bits per heavy atom. The van der Waals surface area contributed by atoms with E-state index >= 15 is 0 Å². The van der Waals surface area contributed by atoms with Crippen molar-refractivity contribution >= 4 is 23.5 Å². The summed E-state index contributed by atoms with van der Waals surface area (Å²) in [6.45, 7) is 0. The molecule has 0 saturated heterocycles. The zero-order valence-corrected chi connectivity index (χ0v) is 7.76. The molecule has 0 atom stereocenters. The molecule has 0 aliphatic rings. The maximum atomic E-state index is 11.0. The number of rotatable bonds is 3. The van der Waals surface area contributed by atoms with Crippen molar-refractivity contribution in [3.63, 3.8) is 0 Å². The molecule has 0 aliphatic heterocycles. The molecule has 12 heavy (non-hydrogen) atoms.